The fourth-order valence-electron chi connectivity index (χ4n) is 1.15. The molecule has 0 aromatic heterocycles. The Morgan fingerprint density at radius 1 is 1.50 bits per heavy atom. The van der Waals surface area contributed by atoms with Crippen LogP contribution in [0.1, 0.15) is 20.3 Å². The lowest BCUT2D eigenvalue weighted by atomic mass is 10.2. The standard InChI is InChI=1S/C11H17NOS/c1-4-9(2)12-10-6-5-7-11(8-10)14(3)13/h5-9,12H,4H2,1-3H3/t9-,14-/m1/s1. The van der Waals surface area contributed by atoms with Crippen LogP contribution in [0.15, 0.2) is 29.2 Å². The quantitative estimate of drug-likeness (QED) is 0.829. The summed E-state index contributed by atoms with van der Waals surface area (Å²) >= 11 is 0. The third-order valence-electron chi connectivity index (χ3n) is 2.19. The molecule has 0 spiro atoms. The van der Waals surface area contributed by atoms with Crippen LogP contribution in [-0.4, -0.2) is 16.5 Å². The Balaban J connectivity index is 2.78. The van der Waals surface area contributed by atoms with E-state index < -0.39 is 10.8 Å². The third kappa shape index (κ3) is 3.14. The summed E-state index contributed by atoms with van der Waals surface area (Å²) in [6.07, 6.45) is 2.78. The molecule has 0 radical (unpaired) electrons. The van der Waals surface area contributed by atoms with Gasteiger partial charge in [0.2, 0.25) is 0 Å². The number of hydrogen-bond acceptors (Lipinski definition) is 2. The molecule has 1 N–H and O–H groups in total. The van der Waals surface area contributed by atoms with Crippen LogP contribution in [-0.2, 0) is 10.8 Å². The summed E-state index contributed by atoms with van der Waals surface area (Å²) < 4.78 is 11.2. The average molecular weight is 211 g/mol. The Labute approximate surface area is 88.2 Å². The van der Waals surface area contributed by atoms with E-state index in [1.54, 1.807) is 6.26 Å². The van der Waals surface area contributed by atoms with E-state index in [-0.39, 0.29) is 0 Å². The Bertz CT molecular complexity index is 325. The Morgan fingerprint density at radius 2 is 2.21 bits per heavy atom. The number of benzene rings is 1. The van der Waals surface area contributed by atoms with E-state index in [0.29, 0.717) is 6.04 Å². The molecule has 2 nitrogen and oxygen atoms in total. The highest BCUT2D eigenvalue weighted by Gasteiger charge is 2.01. The van der Waals surface area contributed by atoms with Crippen molar-refractivity contribution < 1.29 is 4.21 Å². The van der Waals surface area contributed by atoms with Crippen LogP contribution in [0, 0.1) is 0 Å². The maximum atomic E-state index is 11.2. The third-order valence-corrected chi connectivity index (χ3v) is 3.11. The Morgan fingerprint density at radius 3 is 2.79 bits per heavy atom. The minimum atomic E-state index is -0.896. The molecule has 3 heteroatoms. The average Bonchev–Trinajstić information content (AvgIpc) is 2.18. The second kappa shape index (κ2) is 5.15. The van der Waals surface area contributed by atoms with Crippen molar-refractivity contribution in [3.63, 3.8) is 0 Å². The molecule has 2 atom stereocenters. The molecule has 0 bridgehead atoms. The molecule has 0 heterocycles. The van der Waals surface area contributed by atoms with Gasteiger partial charge in [0, 0.05) is 33.7 Å². The number of hydrogen-bond donors (Lipinski definition) is 1. The molecule has 1 rings (SSSR count). The molecule has 14 heavy (non-hydrogen) atoms. The Hall–Kier alpha value is -0.830. The first-order valence-electron chi connectivity index (χ1n) is 4.83. The minimum Gasteiger partial charge on any atom is -0.383 e. The van der Waals surface area contributed by atoms with E-state index in [0.717, 1.165) is 17.0 Å². The van der Waals surface area contributed by atoms with Crippen molar-refractivity contribution in [1.29, 1.82) is 0 Å². The van der Waals surface area contributed by atoms with Gasteiger partial charge < -0.3 is 5.32 Å². The van der Waals surface area contributed by atoms with E-state index >= 15 is 0 Å². The van der Waals surface area contributed by atoms with Crippen molar-refractivity contribution in [3.05, 3.63) is 24.3 Å². The topological polar surface area (TPSA) is 29.1 Å². The van der Waals surface area contributed by atoms with Gasteiger partial charge in [-0.25, -0.2) is 0 Å². The summed E-state index contributed by atoms with van der Waals surface area (Å²) in [5, 5.41) is 3.35. The molecular formula is C11H17NOS. The summed E-state index contributed by atoms with van der Waals surface area (Å²) in [5.74, 6) is 0. The van der Waals surface area contributed by atoms with Crippen LogP contribution in [0.3, 0.4) is 0 Å². The monoisotopic (exact) mass is 211 g/mol. The van der Waals surface area contributed by atoms with Gasteiger partial charge in [-0.2, -0.15) is 0 Å². The molecule has 0 saturated heterocycles. The van der Waals surface area contributed by atoms with Gasteiger partial charge in [0.15, 0.2) is 0 Å². The second-order valence-electron chi connectivity index (χ2n) is 3.44. The van der Waals surface area contributed by atoms with Gasteiger partial charge in [0.25, 0.3) is 0 Å². The summed E-state index contributed by atoms with van der Waals surface area (Å²) in [6.45, 7) is 4.27. The van der Waals surface area contributed by atoms with E-state index in [1.165, 1.54) is 0 Å². The van der Waals surface area contributed by atoms with Crippen molar-refractivity contribution in [3.8, 4) is 0 Å². The fourth-order valence-corrected chi connectivity index (χ4v) is 1.71. The van der Waals surface area contributed by atoms with Crippen molar-refractivity contribution in [2.45, 2.75) is 31.2 Å². The highest BCUT2D eigenvalue weighted by molar-refractivity contribution is 7.84. The molecule has 78 valence electrons. The smallest absolute Gasteiger partial charge is 0.0498 e. The van der Waals surface area contributed by atoms with Gasteiger partial charge in [-0.3, -0.25) is 4.21 Å². The summed E-state index contributed by atoms with van der Waals surface area (Å²) in [5.41, 5.74) is 1.05. The van der Waals surface area contributed by atoms with E-state index in [2.05, 4.69) is 19.2 Å². The SMILES string of the molecule is CC[C@@H](C)Nc1cccc([S@@](C)=O)c1. The normalized spacial score (nSPS) is 14.8. The molecule has 1 aromatic carbocycles. The van der Waals surface area contributed by atoms with Crippen molar-refractivity contribution >= 4 is 16.5 Å². The van der Waals surface area contributed by atoms with Crippen LogP contribution < -0.4 is 5.32 Å². The van der Waals surface area contributed by atoms with Gasteiger partial charge in [-0.05, 0) is 31.5 Å². The summed E-state index contributed by atoms with van der Waals surface area (Å²) in [6, 6.07) is 8.22. The lowest BCUT2D eigenvalue weighted by molar-refractivity contribution is 0.686. The van der Waals surface area contributed by atoms with Gasteiger partial charge in [-0.15, -0.1) is 0 Å². The van der Waals surface area contributed by atoms with Crippen LogP contribution in [0.4, 0.5) is 5.69 Å². The first kappa shape index (κ1) is 11.2. The molecule has 0 aliphatic carbocycles. The van der Waals surface area contributed by atoms with Crippen LogP contribution >= 0.6 is 0 Å². The van der Waals surface area contributed by atoms with E-state index in [1.807, 2.05) is 24.3 Å². The Kier molecular flexibility index (Phi) is 4.14. The molecular weight excluding hydrogens is 194 g/mol. The van der Waals surface area contributed by atoms with E-state index in [9.17, 15) is 4.21 Å². The predicted molar refractivity (Wildman–Crippen MR) is 62.2 cm³/mol. The van der Waals surface area contributed by atoms with Gasteiger partial charge in [0.05, 0.1) is 0 Å². The predicted octanol–water partition coefficient (Wildman–Crippen LogP) is 2.63. The molecule has 0 aliphatic rings. The molecule has 1 aromatic rings. The van der Waals surface area contributed by atoms with E-state index in [4.69, 9.17) is 0 Å². The highest BCUT2D eigenvalue weighted by Crippen LogP contribution is 2.14. The maximum absolute atomic E-state index is 11.2. The number of rotatable bonds is 4. The fraction of sp³-hybridized carbons (Fsp3) is 0.455. The minimum absolute atomic E-state index is 0.454. The molecule has 0 unspecified atom stereocenters. The lowest BCUT2D eigenvalue weighted by Crippen LogP contribution is -2.13. The number of nitrogens with one attached hydrogen (secondary N) is 1. The largest absolute Gasteiger partial charge is 0.383 e. The lowest BCUT2D eigenvalue weighted by Gasteiger charge is -2.13. The van der Waals surface area contributed by atoms with Crippen LogP contribution in [0.2, 0.25) is 0 Å². The zero-order valence-electron chi connectivity index (χ0n) is 8.91. The van der Waals surface area contributed by atoms with Crippen LogP contribution in [0.5, 0.6) is 0 Å². The van der Waals surface area contributed by atoms with Gasteiger partial charge >= 0.3 is 0 Å². The van der Waals surface area contributed by atoms with Crippen molar-refractivity contribution in [2.24, 2.45) is 0 Å². The highest BCUT2D eigenvalue weighted by atomic mass is 32.2. The number of anilines is 1. The maximum Gasteiger partial charge on any atom is 0.0498 e. The summed E-state index contributed by atoms with van der Waals surface area (Å²) in [7, 11) is -0.896. The molecule has 0 saturated carbocycles. The zero-order chi connectivity index (χ0) is 10.6. The van der Waals surface area contributed by atoms with Gasteiger partial charge in [0.1, 0.15) is 0 Å². The van der Waals surface area contributed by atoms with Crippen LogP contribution in [0.25, 0.3) is 0 Å². The molecule has 0 aliphatic heterocycles. The van der Waals surface area contributed by atoms with Crippen molar-refractivity contribution in [1.82, 2.24) is 0 Å². The zero-order valence-corrected chi connectivity index (χ0v) is 9.73. The first-order chi connectivity index (χ1) is 6.63. The first-order valence-corrected chi connectivity index (χ1v) is 6.39. The van der Waals surface area contributed by atoms with Crippen molar-refractivity contribution in [2.75, 3.05) is 11.6 Å². The molecule has 0 amide bonds. The second-order valence-corrected chi connectivity index (χ2v) is 4.82. The van der Waals surface area contributed by atoms with Gasteiger partial charge in [-0.1, -0.05) is 13.0 Å². The molecule has 0 fully saturated rings. The summed E-state index contributed by atoms with van der Waals surface area (Å²) in [4.78, 5) is 0.873.